The van der Waals surface area contributed by atoms with Crippen LogP contribution < -0.4 is 10.2 Å². The van der Waals surface area contributed by atoms with Gasteiger partial charge in [-0.1, -0.05) is 18.2 Å². The normalized spacial score (nSPS) is 29.1. The molecule has 0 spiro atoms. The molecule has 0 unspecified atom stereocenters. The number of nitrogens with zero attached hydrogens (tertiary/aromatic N) is 2. The van der Waals surface area contributed by atoms with E-state index in [0.29, 0.717) is 11.8 Å². The number of anilines is 1. The van der Waals surface area contributed by atoms with E-state index >= 15 is 0 Å². The highest BCUT2D eigenvalue weighted by Gasteiger charge is 2.43. The van der Waals surface area contributed by atoms with Gasteiger partial charge in [0.15, 0.2) is 0 Å². The van der Waals surface area contributed by atoms with Crippen molar-refractivity contribution in [2.45, 2.75) is 51.7 Å². The molecule has 1 N–H and O–H groups in total. The largest absolute Gasteiger partial charge is 0.376 e. The first-order chi connectivity index (χ1) is 14.1. The average Bonchev–Trinajstić information content (AvgIpc) is 3.43. The molecule has 5 nitrogen and oxygen atoms in total. The number of benzene rings is 1. The van der Waals surface area contributed by atoms with Crippen molar-refractivity contribution in [1.82, 2.24) is 10.3 Å². The molecule has 2 saturated carbocycles. The SMILES string of the molecule is CC(=O)N[C@@H]1C[C@@H]2CN(c3cc(C)nc4ccccc34)C[C@@H]2C[C@H]1OCC1CC1. The summed E-state index contributed by atoms with van der Waals surface area (Å²) in [5, 5.41) is 4.42. The number of aryl methyl sites for hydroxylation is 1. The van der Waals surface area contributed by atoms with Crippen molar-refractivity contribution in [2.24, 2.45) is 17.8 Å². The van der Waals surface area contributed by atoms with Gasteiger partial charge < -0.3 is 15.0 Å². The van der Waals surface area contributed by atoms with Crippen molar-refractivity contribution in [3.8, 4) is 0 Å². The number of nitrogens with one attached hydrogen (secondary N) is 1. The molecule has 1 aliphatic heterocycles. The van der Waals surface area contributed by atoms with Crippen molar-refractivity contribution in [3.05, 3.63) is 36.0 Å². The van der Waals surface area contributed by atoms with Crippen molar-refractivity contribution in [2.75, 3.05) is 24.6 Å². The van der Waals surface area contributed by atoms with Crippen molar-refractivity contribution >= 4 is 22.5 Å². The van der Waals surface area contributed by atoms with E-state index < -0.39 is 0 Å². The lowest BCUT2D eigenvalue weighted by molar-refractivity contribution is -0.122. The summed E-state index contributed by atoms with van der Waals surface area (Å²) in [6.07, 6.45) is 4.80. The molecule has 1 amide bonds. The van der Waals surface area contributed by atoms with E-state index in [2.05, 4.69) is 47.5 Å². The fourth-order valence-electron chi connectivity index (χ4n) is 5.30. The summed E-state index contributed by atoms with van der Waals surface area (Å²) < 4.78 is 6.32. The van der Waals surface area contributed by atoms with E-state index in [4.69, 9.17) is 9.72 Å². The third-order valence-corrected chi connectivity index (χ3v) is 6.91. The van der Waals surface area contributed by atoms with E-state index in [0.717, 1.165) is 49.7 Å². The summed E-state index contributed by atoms with van der Waals surface area (Å²) in [6, 6.07) is 10.8. The summed E-state index contributed by atoms with van der Waals surface area (Å²) in [4.78, 5) is 19.0. The van der Waals surface area contributed by atoms with Gasteiger partial charge >= 0.3 is 0 Å². The number of ether oxygens (including phenoxy) is 1. The molecule has 4 atom stereocenters. The Morgan fingerprint density at radius 3 is 2.72 bits per heavy atom. The first-order valence-electron chi connectivity index (χ1n) is 11.1. The van der Waals surface area contributed by atoms with Crippen LogP contribution in [0.5, 0.6) is 0 Å². The smallest absolute Gasteiger partial charge is 0.217 e. The summed E-state index contributed by atoms with van der Waals surface area (Å²) in [5.74, 6) is 2.02. The first kappa shape index (κ1) is 18.9. The monoisotopic (exact) mass is 393 g/mol. The molecule has 5 rings (SSSR count). The lowest BCUT2D eigenvalue weighted by atomic mass is 9.77. The zero-order chi connectivity index (χ0) is 20.0. The van der Waals surface area contributed by atoms with Gasteiger partial charge in [0.05, 0.1) is 17.7 Å². The minimum atomic E-state index is 0.0547. The zero-order valence-corrected chi connectivity index (χ0v) is 17.4. The summed E-state index contributed by atoms with van der Waals surface area (Å²) in [7, 11) is 0. The van der Waals surface area contributed by atoms with E-state index in [1.54, 1.807) is 6.92 Å². The Hall–Kier alpha value is -2.14. The van der Waals surface area contributed by atoms with Crippen LogP contribution in [0.2, 0.25) is 0 Å². The van der Waals surface area contributed by atoms with Gasteiger partial charge in [-0.25, -0.2) is 0 Å². The molecule has 3 fully saturated rings. The minimum absolute atomic E-state index is 0.0547. The Morgan fingerprint density at radius 2 is 1.97 bits per heavy atom. The molecular weight excluding hydrogens is 362 g/mol. The van der Waals surface area contributed by atoms with Gasteiger partial charge in [0.25, 0.3) is 0 Å². The highest BCUT2D eigenvalue weighted by atomic mass is 16.5. The topological polar surface area (TPSA) is 54.5 Å². The Morgan fingerprint density at radius 1 is 1.21 bits per heavy atom. The molecule has 1 aromatic carbocycles. The predicted octanol–water partition coefficient (Wildman–Crippen LogP) is 3.69. The van der Waals surface area contributed by atoms with Gasteiger partial charge in [0.1, 0.15) is 0 Å². The van der Waals surface area contributed by atoms with Crippen LogP contribution in [-0.4, -0.2) is 42.7 Å². The number of pyridine rings is 1. The fraction of sp³-hybridized carbons (Fsp3) is 0.583. The third kappa shape index (κ3) is 3.97. The highest BCUT2D eigenvalue weighted by molar-refractivity contribution is 5.92. The Bertz CT molecular complexity index is 910. The van der Waals surface area contributed by atoms with E-state index in [1.807, 2.05) is 0 Å². The third-order valence-electron chi connectivity index (χ3n) is 6.91. The summed E-state index contributed by atoms with van der Waals surface area (Å²) >= 11 is 0. The Labute approximate surface area is 172 Å². The van der Waals surface area contributed by atoms with Crippen LogP contribution in [0.4, 0.5) is 5.69 Å². The van der Waals surface area contributed by atoms with Gasteiger partial charge in [-0.05, 0) is 62.5 Å². The number of aromatic nitrogens is 1. The van der Waals surface area contributed by atoms with Crippen molar-refractivity contribution in [3.63, 3.8) is 0 Å². The number of hydrogen-bond donors (Lipinski definition) is 1. The molecule has 2 heterocycles. The molecule has 2 aromatic rings. The molecule has 3 aliphatic rings. The number of para-hydroxylation sites is 1. The zero-order valence-electron chi connectivity index (χ0n) is 17.4. The van der Waals surface area contributed by atoms with Crippen LogP contribution in [0.3, 0.4) is 0 Å². The van der Waals surface area contributed by atoms with Crippen LogP contribution in [0, 0.1) is 24.7 Å². The lowest BCUT2D eigenvalue weighted by Gasteiger charge is -2.38. The van der Waals surface area contributed by atoms with Crippen LogP contribution in [0.15, 0.2) is 30.3 Å². The maximum Gasteiger partial charge on any atom is 0.217 e. The number of amides is 1. The number of carbonyl (C=O) groups is 1. The second-order valence-electron chi connectivity index (χ2n) is 9.32. The quantitative estimate of drug-likeness (QED) is 0.842. The molecule has 29 heavy (non-hydrogen) atoms. The fourth-order valence-corrected chi connectivity index (χ4v) is 5.30. The maximum atomic E-state index is 11.8. The maximum absolute atomic E-state index is 11.8. The number of hydrogen-bond acceptors (Lipinski definition) is 4. The van der Waals surface area contributed by atoms with Crippen LogP contribution in [-0.2, 0) is 9.53 Å². The second kappa shape index (κ2) is 7.60. The average molecular weight is 394 g/mol. The van der Waals surface area contributed by atoms with Gasteiger partial charge in [-0.2, -0.15) is 0 Å². The van der Waals surface area contributed by atoms with Gasteiger partial charge in [-0.15, -0.1) is 0 Å². The van der Waals surface area contributed by atoms with Gasteiger partial charge in [-0.3, -0.25) is 9.78 Å². The van der Waals surface area contributed by atoms with Gasteiger partial charge in [0, 0.05) is 43.4 Å². The minimum Gasteiger partial charge on any atom is -0.376 e. The highest BCUT2D eigenvalue weighted by Crippen LogP contribution is 2.41. The van der Waals surface area contributed by atoms with Crippen LogP contribution in [0.25, 0.3) is 10.9 Å². The Balaban J connectivity index is 1.36. The number of carbonyl (C=O) groups excluding carboxylic acids is 1. The first-order valence-corrected chi connectivity index (χ1v) is 11.1. The van der Waals surface area contributed by atoms with Crippen molar-refractivity contribution < 1.29 is 9.53 Å². The molecular formula is C24H31N3O2. The number of rotatable bonds is 5. The van der Waals surface area contributed by atoms with E-state index in [9.17, 15) is 4.79 Å². The van der Waals surface area contributed by atoms with E-state index in [-0.39, 0.29) is 18.1 Å². The van der Waals surface area contributed by atoms with Crippen LogP contribution >= 0.6 is 0 Å². The molecule has 154 valence electrons. The summed E-state index contributed by atoms with van der Waals surface area (Å²) in [6.45, 7) is 6.66. The molecule has 1 aromatic heterocycles. The van der Waals surface area contributed by atoms with Gasteiger partial charge in [0.2, 0.25) is 5.91 Å². The van der Waals surface area contributed by atoms with Crippen LogP contribution in [0.1, 0.15) is 38.3 Å². The second-order valence-corrected chi connectivity index (χ2v) is 9.32. The predicted molar refractivity (Wildman–Crippen MR) is 115 cm³/mol. The van der Waals surface area contributed by atoms with E-state index in [1.165, 1.54) is 23.9 Å². The standard InChI is InChI=1S/C24H31N3O2/c1-15-9-23(20-5-3-4-6-21(20)25-15)27-12-18-10-22(26-16(2)28)24(11-19(18)13-27)29-14-17-7-8-17/h3-6,9,17-19,22,24H,7-8,10-14H2,1-2H3,(H,26,28)/t18-,19+,22-,24-/m1/s1. The molecule has 2 aliphatic carbocycles. The molecule has 0 bridgehead atoms. The number of fused-ring (bicyclic) bond motifs is 2. The molecule has 5 heteroatoms. The molecule has 1 saturated heterocycles. The molecule has 0 radical (unpaired) electrons. The van der Waals surface area contributed by atoms with Crippen molar-refractivity contribution in [1.29, 1.82) is 0 Å². The Kier molecular flexibility index (Phi) is 4.94. The lowest BCUT2D eigenvalue weighted by Crippen LogP contribution is -2.50. The summed E-state index contributed by atoms with van der Waals surface area (Å²) in [5.41, 5.74) is 3.43.